The van der Waals surface area contributed by atoms with E-state index in [0.29, 0.717) is 24.3 Å². The van der Waals surface area contributed by atoms with Crippen LogP contribution in [-0.4, -0.2) is 40.3 Å². The van der Waals surface area contributed by atoms with Gasteiger partial charge in [-0.25, -0.2) is 4.79 Å². The minimum absolute atomic E-state index is 0.0782. The number of carbonyl (C=O) groups excluding carboxylic acids is 1. The summed E-state index contributed by atoms with van der Waals surface area (Å²) < 4.78 is 7.37. The Morgan fingerprint density at radius 3 is 3.04 bits per heavy atom. The fourth-order valence-corrected chi connectivity index (χ4v) is 3.31. The molecule has 0 aliphatic carbocycles. The third-order valence-electron chi connectivity index (χ3n) is 4.76. The van der Waals surface area contributed by atoms with Crippen molar-refractivity contribution in [3.63, 3.8) is 0 Å². The van der Waals surface area contributed by atoms with E-state index in [1.54, 1.807) is 13.3 Å². The van der Waals surface area contributed by atoms with Crippen molar-refractivity contribution in [2.45, 2.75) is 45.6 Å². The van der Waals surface area contributed by atoms with Crippen LogP contribution < -0.4 is 16.3 Å². The van der Waals surface area contributed by atoms with Gasteiger partial charge in [0.2, 0.25) is 0 Å². The van der Waals surface area contributed by atoms with E-state index in [4.69, 9.17) is 4.42 Å². The highest BCUT2D eigenvalue weighted by Gasteiger charge is 2.22. The molecule has 1 atom stereocenters. The molecule has 1 saturated heterocycles. The molecule has 0 radical (unpaired) electrons. The Labute approximate surface area is 152 Å². The van der Waals surface area contributed by atoms with Crippen molar-refractivity contribution in [3.8, 4) is 0 Å². The summed E-state index contributed by atoms with van der Waals surface area (Å²) in [5.41, 5.74) is 0.158. The van der Waals surface area contributed by atoms with Crippen molar-refractivity contribution in [2.75, 3.05) is 19.6 Å². The van der Waals surface area contributed by atoms with Gasteiger partial charge in [-0.05, 0) is 44.9 Å². The number of aryl methyl sites for hydroxylation is 2. The summed E-state index contributed by atoms with van der Waals surface area (Å²) in [5, 5.41) is 14.0. The van der Waals surface area contributed by atoms with Gasteiger partial charge in [-0.2, -0.15) is 0 Å². The van der Waals surface area contributed by atoms with Crippen molar-refractivity contribution in [2.24, 2.45) is 0 Å². The molecule has 2 aromatic rings. The number of carbonyl (C=O) groups is 1. The van der Waals surface area contributed by atoms with E-state index < -0.39 is 11.5 Å². The Morgan fingerprint density at radius 1 is 1.50 bits per heavy atom. The molecule has 140 valence electrons. The molecule has 1 aliphatic rings. The summed E-state index contributed by atoms with van der Waals surface area (Å²) >= 11 is 0. The molecule has 1 amide bonds. The zero-order valence-electron chi connectivity index (χ0n) is 15.2. The van der Waals surface area contributed by atoms with E-state index in [-0.39, 0.29) is 11.5 Å². The highest BCUT2D eigenvalue weighted by molar-refractivity contribution is 5.95. The van der Waals surface area contributed by atoms with E-state index in [9.17, 15) is 9.59 Å². The molecule has 3 heterocycles. The first-order chi connectivity index (χ1) is 12.6. The average molecular weight is 359 g/mol. The van der Waals surface area contributed by atoms with Gasteiger partial charge in [-0.1, -0.05) is 0 Å². The number of hydrogen-bond donors (Lipinski definition) is 2. The lowest BCUT2D eigenvalue weighted by Crippen LogP contribution is -2.33. The van der Waals surface area contributed by atoms with Crippen LogP contribution in [0.2, 0.25) is 0 Å². The van der Waals surface area contributed by atoms with E-state index in [1.807, 2.05) is 17.6 Å². The zero-order chi connectivity index (χ0) is 18.5. The summed E-state index contributed by atoms with van der Waals surface area (Å²) in [6.45, 7) is 6.72. The van der Waals surface area contributed by atoms with Gasteiger partial charge in [-0.3, -0.25) is 4.79 Å². The SMILES string of the molecule is CCn1cnnc1CCNC(=O)c1c(C)cc(C2CCCNC2)oc1=O. The van der Waals surface area contributed by atoms with Gasteiger partial charge in [0.25, 0.3) is 5.91 Å². The molecule has 8 heteroatoms. The minimum atomic E-state index is -0.570. The third kappa shape index (κ3) is 4.01. The number of hydrogen-bond acceptors (Lipinski definition) is 6. The van der Waals surface area contributed by atoms with Crippen LogP contribution in [0.1, 0.15) is 53.2 Å². The van der Waals surface area contributed by atoms with Gasteiger partial charge in [-0.15, -0.1) is 10.2 Å². The van der Waals surface area contributed by atoms with Gasteiger partial charge in [0.05, 0.1) is 0 Å². The first-order valence-corrected chi connectivity index (χ1v) is 9.10. The lowest BCUT2D eigenvalue weighted by atomic mass is 9.95. The predicted octanol–water partition coefficient (Wildman–Crippen LogP) is 0.999. The molecule has 1 aliphatic heterocycles. The number of nitrogens with one attached hydrogen (secondary N) is 2. The molecule has 0 aromatic carbocycles. The average Bonchev–Trinajstić information content (AvgIpc) is 3.09. The summed E-state index contributed by atoms with van der Waals surface area (Å²) in [4.78, 5) is 24.8. The summed E-state index contributed by atoms with van der Waals surface area (Å²) in [7, 11) is 0. The first-order valence-electron chi connectivity index (χ1n) is 9.10. The van der Waals surface area contributed by atoms with Gasteiger partial charge in [0, 0.05) is 32.0 Å². The highest BCUT2D eigenvalue weighted by Crippen LogP contribution is 2.23. The smallest absolute Gasteiger partial charge is 0.349 e. The Hall–Kier alpha value is -2.48. The van der Waals surface area contributed by atoms with Crippen LogP contribution >= 0.6 is 0 Å². The van der Waals surface area contributed by atoms with Crippen LogP contribution in [0.4, 0.5) is 0 Å². The lowest BCUT2D eigenvalue weighted by molar-refractivity contribution is 0.0948. The van der Waals surface area contributed by atoms with E-state index >= 15 is 0 Å². The Balaban J connectivity index is 1.66. The zero-order valence-corrected chi connectivity index (χ0v) is 15.2. The molecule has 0 spiro atoms. The van der Waals surface area contributed by atoms with Crippen molar-refractivity contribution in [1.29, 1.82) is 0 Å². The normalized spacial score (nSPS) is 17.2. The lowest BCUT2D eigenvalue weighted by Gasteiger charge is -2.22. The maximum atomic E-state index is 12.4. The van der Waals surface area contributed by atoms with Crippen molar-refractivity contribution >= 4 is 5.91 Å². The predicted molar refractivity (Wildman–Crippen MR) is 96.3 cm³/mol. The number of nitrogens with zero attached hydrogens (tertiary/aromatic N) is 3. The second-order valence-corrected chi connectivity index (χ2v) is 6.58. The highest BCUT2D eigenvalue weighted by atomic mass is 16.4. The number of rotatable bonds is 6. The van der Waals surface area contributed by atoms with E-state index in [1.165, 1.54) is 0 Å². The third-order valence-corrected chi connectivity index (χ3v) is 4.76. The Bertz CT molecular complexity index is 820. The molecule has 2 aromatic heterocycles. The molecule has 0 bridgehead atoms. The van der Waals surface area contributed by atoms with Crippen LogP contribution in [0.25, 0.3) is 0 Å². The maximum absolute atomic E-state index is 12.4. The van der Waals surface area contributed by atoms with Crippen LogP contribution in [0.15, 0.2) is 21.6 Å². The summed E-state index contributed by atoms with van der Waals surface area (Å²) in [6, 6.07) is 1.82. The summed E-state index contributed by atoms with van der Waals surface area (Å²) in [5.74, 6) is 1.24. The molecule has 8 nitrogen and oxygen atoms in total. The fraction of sp³-hybridized carbons (Fsp3) is 0.556. The second-order valence-electron chi connectivity index (χ2n) is 6.58. The minimum Gasteiger partial charge on any atom is -0.427 e. The molecule has 1 unspecified atom stereocenters. The topological polar surface area (TPSA) is 102 Å². The molecular weight excluding hydrogens is 334 g/mol. The van der Waals surface area contributed by atoms with Crippen LogP contribution in [0.5, 0.6) is 0 Å². The van der Waals surface area contributed by atoms with Crippen LogP contribution in [0, 0.1) is 6.92 Å². The van der Waals surface area contributed by atoms with E-state index in [0.717, 1.165) is 38.3 Å². The largest absolute Gasteiger partial charge is 0.427 e. The summed E-state index contributed by atoms with van der Waals surface area (Å²) in [6.07, 6.45) is 4.25. The van der Waals surface area contributed by atoms with Crippen LogP contribution in [0.3, 0.4) is 0 Å². The maximum Gasteiger partial charge on any atom is 0.349 e. The van der Waals surface area contributed by atoms with Crippen molar-refractivity contribution in [1.82, 2.24) is 25.4 Å². The number of aromatic nitrogens is 3. The Morgan fingerprint density at radius 2 is 2.35 bits per heavy atom. The molecular formula is C18H25N5O3. The van der Waals surface area contributed by atoms with Gasteiger partial charge >= 0.3 is 5.63 Å². The number of piperidine rings is 1. The molecule has 1 fully saturated rings. The van der Waals surface area contributed by atoms with Gasteiger partial charge in [0.15, 0.2) is 0 Å². The molecule has 3 rings (SSSR count). The molecule has 26 heavy (non-hydrogen) atoms. The fourth-order valence-electron chi connectivity index (χ4n) is 3.31. The monoisotopic (exact) mass is 359 g/mol. The second kappa shape index (κ2) is 8.27. The number of amides is 1. The first kappa shape index (κ1) is 18.3. The molecule has 0 saturated carbocycles. The molecule has 2 N–H and O–H groups in total. The quantitative estimate of drug-likeness (QED) is 0.798. The van der Waals surface area contributed by atoms with Crippen LogP contribution in [-0.2, 0) is 13.0 Å². The van der Waals surface area contributed by atoms with Gasteiger partial charge < -0.3 is 19.6 Å². The van der Waals surface area contributed by atoms with Gasteiger partial charge in [0.1, 0.15) is 23.5 Å². The van der Waals surface area contributed by atoms with Crippen molar-refractivity contribution in [3.05, 3.63) is 45.5 Å². The standard InChI is InChI=1S/C18H25N5O3/c1-3-23-11-21-22-15(23)6-8-20-17(24)16-12(2)9-14(26-18(16)25)13-5-4-7-19-10-13/h9,11,13,19H,3-8,10H2,1-2H3,(H,20,24). The Kier molecular flexibility index (Phi) is 5.82. The van der Waals surface area contributed by atoms with Crippen molar-refractivity contribution < 1.29 is 9.21 Å². The van der Waals surface area contributed by atoms with E-state index in [2.05, 4.69) is 20.8 Å².